The van der Waals surface area contributed by atoms with E-state index in [4.69, 9.17) is 24.1 Å². The van der Waals surface area contributed by atoms with Crippen molar-refractivity contribution >= 4 is 23.8 Å². The van der Waals surface area contributed by atoms with Gasteiger partial charge in [-0.3, -0.25) is 14.5 Å². The predicted octanol–water partition coefficient (Wildman–Crippen LogP) is 5.68. The van der Waals surface area contributed by atoms with Crippen LogP contribution in [0.1, 0.15) is 61.2 Å². The number of carboxylic acid groups (broad SMARTS) is 1. The molecule has 0 atom stereocenters. The molecule has 0 aliphatic carbocycles. The van der Waals surface area contributed by atoms with E-state index < -0.39 is 0 Å². The van der Waals surface area contributed by atoms with Gasteiger partial charge in [-0.2, -0.15) is 4.98 Å². The minimum atomic E-state index is -0.250. The Labute approximate surface area is 217 Å². The van der Waals surface area contributed by atoms with E-state index in [-0.39, 0.29) is 12.4 Å². The SMILES string of the molecule is CCOC(=O)CCc1c(C)cc(-c2noc(-c3cc(C)c(CN(C)C(C)C)s3)n2)cc1CC.O=CO. The molecule has 0 saturated heterocycles. The number of ether oxygens (including phenoxy) is 1. The topological polar surface area (TPSA) is 106 Å². The number of thiophene rings is 1. The first-order chi connectivity index (χ1) is 17.1. The summed E-state index contributed by atoms with van der Waals surface area (Å²) < 4.78 is 10.7. The van der Waals surface area contributed by atoms with E-state index in [9.17, 15) is 4.79 Å². The fraction of sp³-hybridized carbons (Fsp3) is 0.481. The first kappa shape index (κ1) is 29.2. The van der Waals surface area contributed by atoms with Crippen molar-refractivity contribution in [2.24, 2.45) is 0 Å². The van der Waals surface area contributed by atoms with E-state index in [1.165, 1.54) is 21.6 Å². The van der Waals surface area contributed by atoms with Crippen LogP contribution in [0.15, 0.2) is 22.7 Å². The predicted molar refractivity (Wildman–Crippen MR) is 142 cm³/mol. The zero-order valence-corrected chi connectivity index (χ0v) is 23.1. The highest BCUT2D eigenvalue weighted by Gasteiger charge is 2.18. The molecular formula is C27H37N3O5S. The summed E-state index contributed by atoms with van der Waals surface area (Å²) in [5.74, 6) is 0.987. The van der Waals surface area contributed by atoms with Crippen LogP contribution in [-0.2, 0) is 33.7 Å². The van der Waals surface area contributed by atoms with Gasteiger partial charge in [-0.25, -0.2) is 0 Å². The maximum atomic E-state index is 11.8. The monoisotopic (exact) mass is 515 g/mol. The molecule has 9 heteroatoms. The van der Waals surface area contributed by atoms with Crippen molar-refractivity contribution in [1.29, 1.82) is 0 Å². The van der Waals surface area contributed by atoms with Crippen molar-refractivity contribution < 1.29 is 24.0 Å². The van der Waals surface area contributed by atoms with Gasteiger partial charge >= 0.3 is 5.97 Å². The Morgan fingerprint density at radius 1 is 1.22 bits per heavy atom. The van der Waals surface area contributed by atoms with Crippen LogP contribution in [0.2, 0.25) is 0 Å². The molecule has 0 amide bonds. The van der Waals surface area contributed by atoms with Crippen molar-refractivity contribution in [2.75, 3.05) is 13.7 Å². The van der Waals surface area contributed by atoms with E-state index in [2.05, 4.69) is 69.9 Å². The van der Waals surface area contributed by atoms with Crippen LogP contribution in [-0.4, -0.2) is 52.3 Å². The molecule has 0 fully saturated rings. The number of carbonyl (C=O) groups is 2. The number of rotatable bonds is 10. The molecule has 1 N–H and O–H groups in total. The summed E-state index contributed by atoms with van der Waals surface area (Å²) >= 11 is 1.71. The van der Waals surface area contributed by atoms with E-state index >= 15 is 0 Å². The van der Waals surface area contributed by atoms with Crippen LogP contribution in [0, 0.1) is 13.8 Å². The highest BCUT2D eigenvalue weighted by atomic mass is 32.1. The van der Waals surface area contributed by atoms with Gasteiger partial charge in [0.1, 0.15) is 0 Å². The van der Waals surface area contributed by atoms with E-state index in [0.717, 1.165) is 29.0 Å². The summed E-state index contributed by atoms with van der Waals surface area (Å²) in [6, 6.07) is 6.82. The normalized spacial score (nSPS) is 10.9. The fourth-order valence-electron chi connectivity index (χ4n) is 3.78. The summed E-state index contributed by atoms with van der Waals surface area (Å²) in [7, 11) is 2.14. The number of hydrogen-bond donors (Lipinski definition) is 1. The van der Waals surface area contributed by atoms with Crippen LogP contribution < -0.4 is 0 Å². The van der Waals surface area contributed by atoms with Crippen LogP contribution in [0.4, 0.5) is 0 Å². The van der Waals surface area contributed by atoms with Gasteiger partial charge in [0.15, 0.2) is 0 Å². The van der Waals surface area contributed by atoms with Crippen molar-refractivity contribution in [2.45, 2.75) is 73.4 Å². The molecule has 2 aromatic heterocycles. The van der Waals surface area contributed by atoms with Crippen molar-refractivity contribution in [3.05, 3.63) is 45.3 Å². The minimum Gasteiger partial charge on any atom is -0.483 e. The molecule has 36 heavy (non-hydrogen) atoms. The number of aryl methyl sites for hydroxylation is 3. The van der Waals surface area contributed by atoms with Gasteiger partial charge in [0, 0.05) is 29.4 Å². The lowest BCUT2D eigenvalue weighted by Gasteiger charge is -2.20. The molecular weight excluding hydrogens is 478 g/mol. The molecule has 0 aliphatic rings. The second kappa shape index (κ2) is 13.9. The lowest BCUT2D eigenvalue weighted by Crippen LogP contribution is -2.25. The molecule has 0 saturated carbocycles. The molecule has 196 valence electrons. The maximum Gasteiger partial charge on any atom is 0.306 e. The lowest BCUT2D eigenvalue weighted by atomic mass is 9.93. The molecule has 0 unspecified atom stereocenters. The summed E-state index contributed by atoms with van der Waals surface area (Å²) in [5.41, 5.74) is 5.72. The summed E-state index contributed by atoms with van der Waals surface area (Å²) in [6.45, 7) is 13.6. The fourth-order valence-corrected chi connectivity index (χ4v) is 4.94. The third-order valence-electron chi connectivity index (χ3n) is 6.02. The molecule has 3 aromatic rings. The van der Waals surface area contributed by atoms with E-state index in [1.807, 2.05) is 6.92 Å². The van der Waals surface area contributed by atoms with Gasteiger partial charge in [0.05, 0.1) is 11.5 Å². The Hall–Kier alpha value is -3.04. The second-order valence-electron chi connectivity index (χ2n) is 8.84. The Morgan fingerprint density at radius 2 is 1.92 bits per heavy atom. The third-order valence-corrected chi connectivity index (χ3v) is 7.23. The highest BCUT2D eigenvalue weighted by molar-refractivity contribution is 7.15. The van der Waals surface area contributed by atoms with Gasteiger partial charge in [-0.15, -0.1) is 11.3 Å². The Balaban J connectivity index is 0.00000145. The summed E-state index contributed by atoms with van der Waals surface area (Å²) in [5, 5.41) is 11.2. The lowest BCUT2D eigenvalue weighted by molar-refractivity contribution is -0.143. The van der Waals surface area contributed by atoms with Gasteiger partial charge in [0.2, 0.25) is 5.82 Å². The number of esters is 1. The highest BCUT2D eigenvalue weighted by Crippen LogP contribution is 2.33. The van der Waals surface area contributed by atoms with Crippen LogP contribution in [0.25, 0.3) is 22.2 Å². The number of hydrogen-bond acceptors (Lipinski definition) is 8. The average Bonchev–Trinajstić information content (AvgIpc) is 3.45. The molecule has 8 nitrogen and oxygen atoms in total. The van der Waals surface area contributed by atoms with E-state index in [1.54, 1.807) is 11.3 Å². The van der Waals surface area contributed by atoms with Crippen LogP contribution in [0.5, 0.6) is 0 Å². The molecule has 0 bridgehead atoms. The number of nitrogens with zero attached hydrogens (tertiary/aromatic N) is 3. The quantitative estimate of drug-likeness (QED) is 0.271. The first-order valence-electron chi connectivity index (χ1n) is 12.1. The van der Waals surface area contributed by atoms with Crippen molar-refractivity contribution in [3.8, 4) is 22.2 Å². The zero-order valence-electron chi connectivity index (χ0n) is 22.3. The number of carbonyl (C=O) groups excluding carboxylic acids is 1. The zero-order chi connectivity index (χ0) is 26.8. The average molecular weight is 516 g/mol. The third kappa shape index (κ3) is 7.73. The second-order valence-corrected chi connectivity index (χ2v) is 9.98. The molecule has 2 heterocycles. The largest absolute Gasteiger partial charge is 0.483 e. The maximum absolute atomic E-state index is 11.8. The molecule has 3 rings (SSSR count). The minimum absolute atomic E-state index is 0.156. The molecule has 1 aromatic carbocycles. The smallest absolute Gasteiger partial charge is 0.306 e. The molecule has 0 radical (unpaired) electrons. The van der Waals surface area contributed by atoms with Gasteiger partial charge in [0.25, 0.3) is 12.4 Å². The molecule has 0 spiro atoms. The van der Waals surface area contributed by atoms with Gasteiger partial charge in [-0.05, 0) is 95.0 Å². The van der Waals surface area contributed by atoms with Crippen molar-refractivity contribution in [3.63, 3.8) is 0 Å². The Morgan fingerprint density at radius 3 is 2.53 bits per heavy atom. The van der Waals surface area contributed by atoms with Crippen molar-refractivity contribution in [1.82, 2.24) is 15.0 Å². The Bertz CT molecular complexity index is 1150. The van der Waals surface area contributed by atoms with Crippen LogP contribution >= 0.6 is 11.3 Å². The van der Waals surface area contributed by atoms with Gasteiger partial charge in [-0.1, -0.05) is 12.1 Å². The van der Waals surface area contributed by atoms with Gasteiger partial charge < -0.3 is 14.4 Å². The molecule has 0 aliphatic heterocycles. The summed E-state index contributed by atoms with van der Waals surface area (Å²) in [6.07, 6.45) is 1.93. The van der Waals surface area contributed by atoms with Crippen LogP contribution in [0.3, 0.4) is 0 Å². The standard InChI is InChI=1S/C26H35N3O3S.CH2O2/c1-8-19-14-20(12-17(5)21(19)10-11-24(30)31-9-2)25-27-26(32-28-25)22-13-18(6)23(33-22)15-29(7)16(3)4;2-1-3/h12-14,16H,8-11,15H2,1-7H3;1H,(H,2,3). The Kier molecular flexibility index (Phi) is 11.3. The first-order valence-corrected chi connectivity index (χ1v) is 13.0. The number of benzene rings is 1. The summed E-state index contributed by atoms with van der Waals surface area (Å²) in [4.78, 5) is 29.5. The number of aromatic nitrogens is 2. The van der Waals surface area contributed by atoms with E-state index in [0.29, 0.717) is 37.2 Å².